The van der Waals surface area contributed by atoms with Gasteiger partial charge in [0.1, 0.15) is 17.2 Å². The first-order chi connectivity index (χ1) is 15.7. The van der Waals surface area contributed by atoms with Crippen molar-refractivity contribution < 1.29 is 9.21 Å². The smallest absolute Gasteiger partial charge is 0.324 e. The molecule has 32 heavy (non-hydrogen) atoms. The molecule has 2 amide bonds. The van der Waals surface area contributed by atoms with E-state index in [-0.39, 0.29) is 12.1 Å². The maximum atomic E-state index is 12.5. The number of furan rings is 1. The third-order valence-corrected chi connectivity index (χ3v) is 6.12. The number of anilines is 2. The van der Waals surface area contributed by atoms with Crippen LogP contribution in [0.2, 0.25) is 5.02 Å². The van der Waals surface area contributed by atoms with Crippen molar-refractivity contribution in [1.82, 2.24) is 14.7 Å². The lowest BCUT2D eigenvalue weighted by molar-refractivity contribution is 0.165. The molecule has 2 aromatic carbocycles. The predicted molar refractivity (Wildman–Crippen MR) is 126 cm³/mol. The van der Waals surface area contributed by atoms with E-state index in [9.17, 15) is 4.79 Å². The summed E-state index contributed by atoms with van der Waals surface area (Å²) in [4.78, 5) is 14.9. The number of para-hydroxylation sites is 2. The van der Waals surface area contributed by atoms with Crippen LogP contribution in [0.25, 0.3) is 11.0 Å². The second-order valence-corrected chi connectivity index (χ2v) is 8.39. The van der Waals surface area contributed by atoms with Gasteiger partial charge in [0.2, 0.25) is 0 Å². The first-order valence-electron chi connectivity index (χ1n) is 10.7. The Morgan fingerprint density at radius 3 is 2.66 bits per heavy atom. The van der Waals surface area contributed by atoms with Crippen molar-refractivity contribution >= 4 is 40.1 Å². The number of aromatic nitrogens is 2. The minimum Gasteiger partial charge on any atom is -0.460 e. The minimum atomic E-state index is -0.345. The van der Waals surface area contributed by atoms with E-state index in [1.165, 1.54) is 0 Å². The molecule has 8 heteroatoms. The zero-order valence-corrected chi connectivity index (χ0v) is 18.3. The first kappa shape index (κ1) is 20.6. The molecule has 2 N–H and O–H groups in total. The molecule has 0 atom stereocenters. The topological polar surface area (TPSA) is 75.3 Å². The largest absolute Gasteiger partial charge is 0.460 e. The van der Waals surface area contributed by atoms with Crippen LogP contribution >= 0.6 is 11.6 Å². The van der Waals surface area contributed by atoms with Gasteiger partial charge in [-0.1, -0.05) is 41.9 Å². The van der Waals surface area contributed by atoms with Crippen LogP contribution in [-0.2, 0) is 6.54 Å². The van der Waals surface area contributed by atoms with Crippen molar-refractivity contribution in [3.63, 3.8) is 0 Å². The van der Waals surface area contributed by atoms with Crippen LogP contribution in [-0.4, -0.2) is 33.8 Å². The van der Waals surface area contributed by atoms with E-state index < -0.39 is 0 Å². The van der Waals surface area contributed by atoms with Crippen molar-refractivity contribution in [2.75, 3.05) is 23.7 Å². The number of carbonyl (C=O) groups excluding carboxylic acids is 1. The fraction of sp³-hybridized carbons (Fsp3) is 0.250. The molecule has 0 bridgehead atoms. The number of hydrogen-bond donors (Lipinski definition) is 2. The quantitative estimate of drug-likeness (QED) is 0.406. The maximum absolute atomic E-state index is 12.5. The van der Waals surface area contributed by atoms with Crippen LogP contribution in [0.4, 0.5) is 16.3 Å². The van der Waals surface area contributed by atoms with Gasteiger partial charge in [0.15, 0.2) is 0 Å². The van der Waals surface area contributed by atoms with Crippen molar-refractivity contribution in [2.45, 2.75) is 25.4 Å². The average molecular weight is 450 g/mol. The minimum absolute atomic E-state index is 0.229. The summed E-state index contributed by atoms with van der Waals surface area (Å²) >= 11 is 6.13. The van der Waals surface area contributed by atoms with E-state index in [4.69, 9.17) is 16.0 Å². The highest BCUT2D eigenvalue weighted by Gasteiger charge is 2.24. The molecule has 1 saturated heterocycles. The number of rotatable bonds is 5. The molecule has 1 aliphatic heterocycles. The van der Waals surface area contributed by atoms with Crippen LogP contribution in [0.1, 0.15) is 24.6 Å². The van der Waals surface area contributed by atoms with E-state index in [2.05, 4.69) is 32.8 Å². The van der Waals surface area contributed by atoms with Crippen molar-refractivity contribution in [3.8, 4) is 0 Å². The monoisotopic (exact) mass is 449 g/mol. The van der Waals surface area contributed by atoms with Crippen LogP contribution in [0.3, 0.4) is 0 Å². The Balaban J connectivity index is 1.18. The Morgan fingerprint density at radius 2 is 1.84 bits per heavy atom. The maximum Gasteiger partial charge on any atom is 0.324 e. The summed E-state index contributed by atoms with van der Waals surface area (Å²) in [5.74, 6) is 1.66. The van der Waals surface area contributed by atoms with Crippen LogP contribution in [0, 0.1) is 0 Å². The number of carbonyl (C=O) groups is 1. The average Bonchev–Trinajstić information content (AvgIpc) is 3.42. The second kappa shape index (κ2) is 9.06. The molecular formula is C24H24ClN5O2. The standard InChI is InChI=1S/C24H24ClN5O2/c25-20-6-2-3-7-21(20)27-24(31)28-23-9-12-26-30(23)18-10-13-29(14-11-18)16-19-15-17-5-1-4-8-22(17)32-19/h1-9,12,15,18H,10-11,13-14,16H2,(H2,27,28,31). The van der Waals surface area contributed by atoms with Crippen molar-refractivity contribution in [1.29, 1.82) is 0 Å². The van der Waals surface area contributed by atoms with Crippen LogP contribution in [0.5, 0.6) is 0 Å². The fourth-order valence-electron chi connectivity index (χ4n) is 4.19. The van der Waals surface area contributed by atoms with Gasteiger partial charge in [0.25, 0.3) is 0 Å². The molecule has 1 fully saturated rings. The molecule has 0 unspecified atom stereocenters. The molecule has 164 valence electrons. The molecule has 7 nitrogen and oxygen atoms in total. The zero-order valence-electron chi connectivity index (χ0n) is 17.5. The molecular weight excluding hydrogens is 426 g/mol. The number of likely N-dealkylation sites (tertiary alicyclic amines) is 1. The highest BCUT2D eigenvalue weighted by molar-refractivity contribution is 6.33. The highest BCUT2D eigenvalue weighted by atomic mass is 35.5. The molecule has 0 spiro atoms. The van der Waals surface area contributed by atoms with Crippen molar-refractivity contribution in [3.05, 3.63) is 77.6 Å². The first-order valence-corrected chi connectivity index (χ1v) is 11.1. The van der Waals surface area contributed by atoms with Gasteiger partial charge in [0.05, 0.1) is 29.5 Å². The molecule has 0 radical (unpaired) electrons. The van der Waals surface area contributed by atoms with E-state index in [0.717, 1.165) is 49.2 Å². The van der Waals surface area contributed by atoms with Gasteiger partial charge in [-0.2, -0.15) is 5.10 Å². The fourth-order valence-corrected chi connectivity index (χ4v) is 4.38. The summed E-state index contributed by atoms with van der Waals surface area (Å²) in [6, 6.07) is 19.0. The van der Waals surface area contributed by atoms with Gasteiger partial charge in [-0.05, 0) is 37.1 Å². The Kier molecular flexibility index (Phi) is 5.83. The van der Waals surface area contributed by atoms with Crippen LogP contribution < -0.4 is 10.6 Å². The molecule has 3 heterocycles. The Hall–Kier alpha value is -3.29. The molecule has 1 aliphatic rings. The molecule has 4 aromatic rings. The summed E-state index contributed by atoms with van der Waals surface area (Å²) in [6.07, 6.45) is 3.61. The van der Waals surface area contributed by atoms with E-state index in [1.54, 1.807) is 18.3 Å². The van der Waals surface area contributed by atoms with Gasteiger partial charge in [-0.15, -0.1) is 0 Å². The summed E-state index contributed by atoms with van der Waals surface area (Å²) in [5, 5.41) is 11.8. The van der Waals surface area contributed by atoms with Crippen LogP contribution in [0.15, 0.2) is 71.3 Å². The lowest BCUT2D eigenvalue weighted by atomic mass is 10.1. The number of nitrogens with zero attached hydrogens (tertiary/aromatic N) is 3. The summed E-state index contributed by atoms with van der Waals surface area (Å²) < 4.78 is 7.87. The Morgan fingerprint density at radius 1 is 1.06 bits per heavy atom. The number of hydrogen-bond acceptors (Lipinski definition) is 4. The number of nitrogens with one attached hydrogen (secondary N) is 2. The Labute approximate surface area is 191 Å². The highest BCUT2D eigenvalue weighted by Crippen LogP contribution is 2.28. The molecule has 5 rings (SSSR count). The summed E-state index contributed by atoms with van der Waals surface area (Å²) in [7, 11) is 0. The summed E-state index contributed by atoms with van der Waals surface area (Å²) in [5.41, 5.74) is 1.50. The van der Waals surface area contributed by atoms with Gasteiger partial charge >= 0.3 is 6.03 Å². The normalized spacial score (nSPS) is 15.2. The lowest BCUT2D eigenvalue weighted by Crippen LogP contribution is -2.35. The number of urea groups is 1. The predicted octanol–water partition coefficient (Wildman–Crippen LogP) is 5.76. The van der Waals surface area contributed by atoms with E-state index in [1.807, 2.05) is 41.1 Å². The van der Waals surface area contributed by atoms with Gasteiger partial charge in [-0.25, -0.2) is 9.48 Å². The lowest BCUT2D eigenvalue weighted by Gasteiger charge is -2.32. The SMILES string of the molecule is O=C(Nc1ccccc1Cl)Nc1ccnn1C1CCN(Cc2cc3ccccc3o2)CC1. The Bertz CT molecular complexity index is 1190. The van der Waals surface area contributed by atoms with Crippen molar-refractivity contribution in [2.24, 2.45) is 0 Å². The zero-order chi connectivity index (χ0) is 21.9. The number of halogens is 1. The number of piperidine rings is 1. The molecule has 0 aliphatic carbocycles. The van der Waals surface area contributed by atoms with Gasteiger partial charge in [0, 0.05) is 24.5 Å². The number of fused-ring (bicyclic) bond motifs is 1. The van der Waals surface area contributed by atoms with Gasteiger partial charge < -0.3 is 9.73 Å². The molecule has 0 saturated carbocycles. The summed E-state index contributed by atoms with van der Waals surface area (Å²) in [6.45, 7) is 2.67. The van der Waals surface area contributed by atoms with E-state index in [0.29, 0.717) is 16.5 Å². The number of amides is 2. The van der Waals surface area contributed by atoms with E-state index >= 15 is 0 Å². The third-order valence-electron chi connectivity index (χ3n) is 5.79. The molecule has 2 aromatic heterocycles. The second-order valence-electron chi connectivity index (χ2n) is 7.98. The third kappa shape index (κ3) is 4.49. The number of benzene rings is 2. The van der Waals surface area contributed by atoms with Gasteiger partial charge in [-0.3, -0.25) is 10.2 Å².